The highest BCUT2D eigenvalue weighted by Crippen LogP contribution is 2.26. The zero-order chi connectivity index (χ0) is 9.97. The van der Waals surface area contributed by atoms with Crippen molar-refractivity contribution in [3.05, 3.63) is 11.2 Å². The van der Waals surface area contributed by atoms with Gasteiger partial charge < -0.3 is 5.32 Å². The number of nitrogens with two attached hydrogens (primary N) is 1. The molecule has 1 fully saturated rings. The van der Waals surface area contributed by atoms with Crippen LogP contribution in [0, 0.1) is 0 Å². The second-order valence-corrected chi connectivity index (χ2v) is 3.71. The Morgan fingerprint density at radius 2 is 2.29 bits per heavy atom. The number of hydrogen-bond acceptors (Lipinski definition) is 5. The molecule has 2 rings (SSSR count). The van der Waals surface area contributed by atoms with E-state index in [1.807, 2.05) is 0 Å². The Balaban J connectivity index is 2.13. The van der Waals surface area contributed by atoms with Gasteiger partial charge in [-0.1, -0.05) is 11.6 Å². The maximum Gasteiger partial charge on any atom is 0.239 e. The summed E-state index contributed by atoms with van der Waals surface area (Å²) in [6.45, 7) is 0. The third kappa shape index (κ3) is 1.88. The first-order valence-corrected chi connectivity index (χ1v) is 4.93. The van der Waals surface area contributed by atoms with E-state index in [1.165, 1.54) is 25.5 Å². The molecule has 0 radical (unpaired) electrons. The highest BCUT2D eigenvalue weighted by molar-refractivity contribution is 6.32. The molecule has 0 unspecified atom stereocenters. The predicted octanol–water partition coefficient (Wildman–Crippen LogP) is 1.38. The van der Waals surface area contributed by atoms with Crippen LogP contribution in [-0.2, 0) is 0 Å². The number of rotatable bonds is 3. The Hall–Kier alpha value is -1.07. The first-order valence-electron chi connectivity index (χ1n) is 4.55. The van der Waals surface area contributed by atoms with Crippen molar-refractivity contribution >= 4 is 23.4 Å². The molecule has 0 amide bonds. The van der Waals surface area contributed by atoms with Crippen molar-refractivity contribution in [3.63, 3.8) is 0 Å². The van der Waals surface area contributed by atoms with Crippen molar-refractivity contribution in [2.75, 3.05) is 10.7 Å². The van der Waals surface area contributed by atoms with Gasteiger partial charge in [-0.05, 0) is 19.3 Å². The molecule has 0 aliphatic heterocycles. The van der Waals surface area contributed by atoms with Crippen molar-refractivity contribution in [2.45, 2.75) is 25.3 Å². The van der Waals surface area contributed by atoms with Gasteiger partial charge in [-0.15, -0.1) is 0 Å². The average molecular weight is 214 g/mol. The van der Waals surface area contributed by atoms with Gasteiger partial charge in [0.25, 0.3) is 0 Å². The first kappa shape index (κ1) is 9.48. The van der Waals surface area contributed by atoms with Crippen LogP contribution in [0.2, 0.25) is 5.02 Å². The fourth-order valence-electron chi connectivity index (χ4n) is 1.28. The molecule has 0 bridgehead atoms. The highest BCUT2D eigenvalue weighted by Gasteiger charge is 2.18. The van der Waals surface area contributed by atoms with E-state index >= 15 is 0 Å². The number of hydrogen-bond donors (Lipinski definition) is 3. The molecule has 1 aliphatic carbocycles. The summed E-state index contributed by atoms with van der Waals surface area (Å²) >= 11 is 5.92. The van der Waals surface area contributed by atoms with Gasteiger partial charge in [0, 0.05) is 6.04 Å². The molecule has 0 spiro atoms. The third-order valence-electron chi connectivity index (χ3n) is 2.32. The number of nitrogens with one attached hydrogen (secondary N) is 2. The predicted molar refractivity (Wildman–Crippen MR) is 56.1 cm³/mol. The zero-order valence-corrected chi connectivity index (χ0v) is 8.38. The summed E-state index contributed by atoms with van der Waals surface area (Å²) in [7, 11) is 0. The number of anilines is 2. The smallest absolute Gasteiger partial charge is 0.239 e. The molecule has 1 aliphatic rings. The lowest BCUT2D eigenvalue weighted by Gasteiger charge is -2.27. The van der Waals surface area contributed by atoms with Crippen LogP contribution in [0.25, 0.3) is 0 Å². The first-order chi connectivity index (χ1) is 6.79. The van der Waals surface area contributed by atoms with Crippen molar-refractivity contribution in [3.8, 4) is 0 Å². The minimum absolute atomic E-state index is 0.372. The van der Waals surface area contributed by atoms with Gasteiger partial charge >= 0.3 is 0 Å². The van der Waals surface area contributed by atoms with Crippen molar-refractivity contribution < 1.29 is 0 Å². The molecule has 6 heteroatoms. The summed E-state index contributed by atoms with van der Waals surface area (Å²) in [6.07, 6.45) is 5.14. The van der Waals surface area contributed by atoms with Gasteiger partial charge in [-0.3, -0.25) is 5.43 Å². The minimum Gasteiger partial charge on any atom is -0.366 e. The fraction of sp³-hybridized carbons (Fsp3) is 0.500. The molecule has 1 aromatic heterocycles. The molecular formula is C8H12ClN5. The van der Waals surface area contributed by atoms with Crippen LogP contribution in [0.15, 0.2) is 6.20 Å². The van der Waals surface area contributed by atoms with Crippen LogP contribution >= 0.6 is 11.6 Å². The molecule has 1 saturated carbocycles. The molecule has 0 saturated heterocycles. The summed E-state index contributed by atoms with van der Waals surface area (Å²) in [6, 6.07) is 0.494. The summed E-state index contributed by atoms with van der Waals surface area (Å²) in [4.78, 5) is 8.01. The Morgan fingerprint density at radius 1 is 1.50 bits per heavy atom. The highest BCUT2D eigenvalue weighted by atomic mass is 35.5. The fourth-order valence-corrected chi connectivity index (χ4v) is 1.43. The SMILES string of the molecule is NNc1ncc(Cl)c(NC2CCC2)n1. The number of aromatic nitrogens is 2. The monoisotopic (exact) mass is 213 g/mol. The van der Waals surface area contributed by atoms with Crippen LogP contribution in [0.1, 0.15) is 19.3 Å². The van der Waals surface area contributed by atoms with Gasteiger partial charge in [0.2, 0.25) is 5.95 Å². The molecule has 14 heavy (non-hydrogen) atoms. The molecular weight excluding hydrogens is 202 g/mol. The Labute approximate surface area is 87.0 Å². The molecule has 0 aromatic carbocycles. The topological polar surface area (TPSA) is 75.9 Å². The van der Waals surface area contributed by atoms with E-state index in [2.05, 4.69) is 20.7 Å². The number of nitrogen functional groups attached to an aromatic ring is 1. The summed E-state index contributed by atoms with van der Waals surface area (Å²) in [5.41, 5.74) is 2.38. The van der Waals surface area contributed by atoms with Gasteiger partial charge in [-0.25, -0.2) is 10.8 Å². The molecule has 0 atom stereocenters. The van der Waals surface area contributed by atoms with Gasteiger partial charge in [0.1, 0.15) is 5.02 Å². The van der Waals surface area contributed by atoms with Gasteiger partial charge in [-0.2, -0.15) is 4.98 Å². The Morgan fingerprint density at radius 3 is 2.86 bits per heavy atom. The summed E-state index contributed by atoms with van der Waals surface area (Å²) in [5.74, 6) is 6.22. The quantitative estimate of drug-likeness (QED) is 0.523. The second kappa shape index (κ2) is 3.98. The normalized spacial score (nSPS) is 16.1. The van der Waals surface area contributed by atoms with Crippen LogP contribution in [-0.4, -0.2) is 16.0 Å². The van der Waals surface area contributed by atoms with Crippen LogP contribution in [0.4, 0.5) is 11.8 Å². The average Bonchev–Trinajstić information content (AvgIpc) is 2.14. The van der Waals surface area contributed by atoms with Crippen molar-refractivity contribution in [2.24, 2.45) is 5.84 Å². The second-order valence-electron chi connectivity index (χ2n) is 3.31. The molecule has 4 N–H and O–H groups in total. The lowest BCUT2D eigenvalue weighted by molar-refractivity contribution is 0.444. The van der Waals surface area contributed by atoms with Gasteiger partial charge in [0.15, 0.2) is 5.82 Å². The van der Waals surface area contributed by atoms with Crippen molar-refractivity contribution in [1.29, 1.82) is 0 Å². The Kier molecular flexibility index (Phi) is 2.69. The lowest BCUT2D eigenvalue weighted by atomic mass is 9.93. The van der Waals surface area contributed by atoms with E-state index in [0.29, 0.717) is 22.8 Å². The van der Waals surface area contributed by atoms with E-state index in [1.54, 1.807) is 0 Å². The van der Waals surface area contributed by atoms with E-state index < -0.39 is 0 Å². The molecule has 76 valence electrons. The lowest BCUT2D eigenvalue weighted by Crippen LogP contribution is -2.28. The minimum atomic E-state index is 0.372. The molecule has 5 nitrogen and oxygen atoms in total. The summed E-state index contributed by atoms with van der Waals surface area (Å²) in [5, 5.41) is 3.77. The van der Waals surface area contributed by atoms with Gasteiger partial charge in [0.05, 0.1) is 6.20 Å². The van der Waals surface area contributed by atoms with E-state index in [0.717, 1.165) is 0 Å². The van der Waals surface area contributed by atoms with Crippen LogP contribution in [0.3, 0.4) is 0 Å². The standard InChI is InChI=1S/C8H12ClN5/c9-6-4-11-8(14-10)13-7(6)12-5-2-1-3-5/h4-5H,1-3,10H2,(H2,11,12,13,14). The van der Waals surface area contributed by atoms with E-state index in [4.69, 9.17) is 17.4 Å². The zero-order valence-electron chi connectivity index (χ0n) is 7.63. The molecule has 1 heterocycles. The van der Waals surface area contributed by atoms with Crippen molar-refractivity contribution in [1.82, 2.24) is 9.97 Å². The van der Waals surface area contributed by atoms with Crippen LogP contribution in [0.5, 0.6) is 0 Å². The Bertz CT molecular complexity index is 326. The number of hydrazine groups is 1. The maximum absolute atomic E-state index is 5.92. The van der Waals surface area contributed by atoms with E-state index in [9.17, 15) is 0 Å². The summed E-state index contributed by atoms with van der Waals surface area (Å²) < 4.78 is 0. The van der Waals surface area contributed by atoms with E-state index in [-0.39, 0.29) is 0 Å². The van der Waals surface area contributed by atoms with Crippen LogP contribution < -0.4 is 16.6 Å². The molecule has 1 aromatic rings. The maximum atomic E-state index is 5.92. The number of nitrogens with zero attached hydrogens (tertiary/aromatic N) is 2. The number of halogens is 1. The largest absolute Gasteiger partial charge is 0.366 e. The third-order valence-corrected chi connectivity index (χ3v) is 2.60.